The maximum Gasteiger partial charge on any atom is 0.407 e. The van der Waals surface area contributed by atoms with Gasteiger partial charge in [-0.2, -0.15) is 0 Å². The summed E-state index contributed by atoms with van der Waals surface area (Å²) in [6.07, 6.45) is 5.58. The number of thioether (sulfide) groups is 1. The number of benzene rings is 2. The van der Waals surface area contributed by atoms with Gasteiger partial charge < -0.3 is 35.3 Å². The second kappa shape index (κ2) is 26.1. The summed E-state index contributed by atoms with van der Waals surface area (Å²) < 4.78 is 37.2. The van der Waals surface area contributed by atoms with Crippen LogP contribution in [-0.2, 0) is 40.0 Å². The van der Waals surface area contributed by atoms with Gasteiger partial charge in [-0.15, -0.1) is 11.8 Å². The molecule has 2 heterocycles. The van der Waals surface area contributed by atoms with Crippen molar-refractivity contribution in [2.75, 3.05) is 44.3 Å². The number of amides is 6. The van der Waals surface area contributed by atoms with Crippen molar-refractivity contribution in [3.63, 3.8) is 0 Å². The second-order valence-corrected chi connectivity index (χ2v) is 25.7. The third-order valence-corrected chi connectivity index (χ3v) is 13.8. The normalized spacial score (nSPS) is 13.6. The van der Waals surface area contributed by atoms with Crippen molar-refractivity contribution in [3.8, 4) is 11.1 Å². The predicted molar refractivity (Wildman–Crippen MR) is 260 cm³/mol. The number of halogens is 2. The van der Waals surface area contributed by atoms with Crippen LogP contribution in [0.1, 0.15) is 76.6 Å². The molecule has 0 saturated carbocycles. The highest BCUT2D eigenvalue weighted by atomic mass is 32.2. The fourth-order valence-corrected chi connectivity index (χ4v) is 9.16. The number of nitrogens with zero attached hydrogens (tertiary/aromatic N) is 3. The monoisotopic (exact) mass is 980 g/mol. The van der Waals surface area contributed by atoms with Gasteiger partial charge in [0.1, 0.15) is 17.7 Å². The molecule has 0 bridgehead atoms. The number of alkyl carbamates (subject to hydrolysis) is 1. The van der Waals surface area contributed by atoms with Crippen molar-refractivity contribution in [2.24, 2.45) is 5.41 Å². The number of aliphatic carboxylic acids is 1. The molecule has 1 aliphatic heterocycles. The Balaban J connectivity index is 1.45. The fourth-order valence-electron chi connectivity index (χ4n) is 7.53. The third kappa shape index (κ3) is 18.0. The number of hydrogen-bond donors (Lipinski definition) is 4. The van der Waals surface area contributed by atoms with E-state index in [9.17, 15) is 43.1 Å². The lowest BCUT2D eigenvalue weighted by Gasteiger charge is -2.41. The van der Waals surface area contributed by atoms with Gasteiger partial charge in [0.15, 0.2) is 0 Å². The Labute approximate surface area is 402 Å². The molecule has 68 heavy (non-hydrogen) atoms. The highest BCUT2D eigenvalue weighted by molar-refractivity contribution is 8.00. The first-order chi connectivity index (χ1) is 32.1. The number of aromatic nitrogens is 1. The molecular formula is C49H66F2N6O9SSi. The van der Waals surface area contributed by atoms with Gasteiger partial charge in [0.05, 0.1) is 18.4 Å². The Bertz CT molecular complexity index is 2250. The Hall–Kier alpha value is -5.82. The first-order valence-corrected chi connectivity index (χ1v) is 27.8. The lowest BCUT2D eigenvalue weighted by molar-refractivity contribution is -0.141. The van der Waals surface area contributed by atoms with Gasteiger partial charge in [-0.3, -0.25) is 28.9 Å². The quantitative estimate of drug-likeness (QED) is 0.0346. The van der Waals surface area contributed by atoms with Crippen LogP contribution in [0.3, 0.4) is 0 Å². The molecule has 0 radical (unpaired) electrons. The lowest BCUT2D eigenvalue weighted by atomic mass is 9.83. The summed E-state index contributed by atoms with van der Waals surface area (Å²) in [4.78, 5) is 90.8. The van der Waals surface area contributed by atoms with Crippen LogP contribution >= 0.6 is 11.8 Å². The minimum Gasteiger partial charge on any atom is -0.480 e. The number of unbranched alkanes of at least 4 members (excludes halogenated alkanes) is 2. The van der Waals surface area contributed by atoms with E-state index >= 15 is 4.39 Å². The van der Waals surface area contributed by atoms with Gasteiger partial charge in [-0.25, -0.2) is 18.4 Å². The zero-order chi connectivity index (χ0) is 50.0. The second-order valence-electron chi connectivity index (χ2n) is 19.0. The number of imide groups is 1. The summed E-state index contributed by atoms with van der Waals surface area (Å²) in [6, 6.07) is 13.4. The summed E-state index contributed by atoms with van der Waals surface area (Å²) in [5.41, 5.74) is 1.38. The van der Waals surface area contributed by atoms with E-state index in [1.807, 2.05) is 55.7 Å². The molecule has 0 aliphatic carbocycles. The number of rotatable bonds is 27. The topological polar surface area (TPSA) is 196 Å². The number of ether oxygens (including phenoxy) is 1. The van der Waals surface area contributed by atoms with E-state index in [-0.39, 0.29) is 79.7 Å². The standard InChI is InChI=1S/C49H66F2N6O9SSi/c1-49(2,3)46(40-28-35(37-29-36(50)17-18-38(37)51)31-55(40)30-34-14-9-7-10-15-34)57(25-13-22-53-48(65)66-26-27-68(4,5)6)45(62)33-67-32-39(47(63)64)54-42(59)21-23-52-41(58)16-11-8-12-24-56-43(60)19-20-44(56)61/h7,9-10,14-15,17-20,28-29,31,39,46H,8,11-13,16,21-27,30,32-33H2,1-6H3,(H,52,58)(H,53,65)(H,54,59)(H,63,64)/t39-,46-/m0/s1. The minimum absolute atomic E-state index is 0.0289. The van der Waals surface area contributed by atoms with Crippen molar-refractivity contribution in [3.05, 3.63) is 95.8 Å². The van der Waals surface area contributed by atoms with Crippen LogP contribution in [0.4, 0.5) is 13.6 Å². The molecule has 19 heteroatoms. The van der Waals surface area contributed by atoms with Gasteiger partial charge >= 0.3 is 12.1 Å². The number of carboxylic acids is 1. The van der Waals surface area contributed by atoms with Gasteiger partial charge in [-0.1, -0.05) is 77.2 Å². The zero-order valence-corrected chi connectivity index (χ0v) is 41.7. The fraction of sp³-hybridized carbons (Fsp3) is 0.490. The highest BCUT2D eigenvalue weighted by Crippen LogP contribution is 2.41. The number of nitrogens with one attached hydrogen (secondary N) is 3. The molecule has 2 aromatic carbocycles. The summed E-state index contributed by atoms with van der Waals surface area (Å²) in [5, 5.41) is 17.9. The molecule has 370 valence electrons. The van der Waals surface area contributed by atoms with Crippen LogP contribution in [0.25, 0.3) is 11.1 Å². The Kier molecular flexibility index (Phi) is 21.0. The molecule has 0 fully saturated rings. The molecule has 0 unspecified atom stereocenters. The lowest BCUT2D eigenvalue weighted by Crippen LogP contribution is -2.45. The first kappa shape index (κ1) is 54.8. The first-order valence-electron chi connectivity index (χ1n) is 22.9. The van der Waals surface area contributed by atoms with Crippen molar-refractivity contribution in [1.82, 2.24) is 30.3 Å². The van der Waals surface area contributed by atoms with E-state index < -0.39 is 55.2 Å². The molecule has 15 nitrogen and oxygen atoms in total. The molecule has 1 aliphatic rings. The molecule has 4 rings (SSSR count). The Morgan fingerprint density at radius 3 is 2.24 bits per heavy atom. The molecule has 0 spiro atoms. The summed E-state index contributed by atoms with van der Waals surface area (Å²) in [7, 11) is -1.44. The van der Waals surface area contributed by atoms with E-state index in [0.717, 1.165) is 46.5 Å². The van der Waals surface area contributed by atoms with Crippen LogP contribution in [0.2, 0.25) is 25.7 Å². The van der Waals surface area contributed by atoms with E-state index in [0.29, 0.717) is 50.1 Å². The van der Waals surface area contributed by atoms with Crippen LogP contribution in [0.5, 0.6) is 0 Å². The van der Waals surface area contributed by atoms with Crippen molar-refractivity contribution >= 4 is 61.4 Å². The number of carbonyl (C=O) groups is 7. The molecular weight excluding hydrogens is 915 g/mol. The molecule has 3 aromatic rings. The molecule has 6 amide bonds. The van der Waals surface area contributed by atoms with Crippen LogP contribution in [0.15, 0.2) is 72.9 Å². The Morgan fingerprint density at radius 1 is 0.868 bits per heavy atom. The summed E-state index contributed by atoms with van der Waals surface area (Å²) in [5.74, 6) is -4.84. The maximum absolute atomic E-state index is 15.3. The smallest absolute Gasteiger partial charge is 0.407 e. The average molecular weight is 981 g/mol. The zero-order valence-electron chi connectivity index (χ0n) is 39.9. The number of carbonyl (C=O) groups excluding carboxylic acids is 6. The number of carboxylic acid groups (broad SMARTS) is 1. The van der Waals surface area contributed by atoms with E-state index in [1.54, 1.807) is 17.2 Å². The average Bonchev–Trinajstić information content (AvgIpc) is 3.81. The minimum atomic E-state index is -1.44. The van der Waals surface area contributed by atoms with E-state index in [1.165, 1.54) is 12.2 Å². The maximum atomic E-state index is 15.3. The van der Waals surface area contributed by atoms with Gasteiger partial charge in [0.25, 0.3) is 11.8 Å². The van der Waals surface area contributed by atoms with Gasteiger partial charge in [0.2, 0.25) is 17.7 Å². The van der Waals surface area contributed by atoms with Crippen molar-refractivity contribution < 1.29 is 52.2 Å². The largest absolute Gasteiger partial charge is 0.480 e. The van der Waals surface area contributed by atoms with Gasteiger partial charge in [0, 0.05) is 94.6 Å². The SMILES string of the molecule is CC(C)(C)[C@H](c1cc(-c2cc(F)ccc2F)cn1Cc1ccccc1)N(CCCNC(=O)OCC[Si](C)(C)C)C(=O)CSC[C@H](NC(=O)CCNC(=O)CCCCCN1C(=O)C=CC1=O)C(=O)O. The van der Waals surface area contributed by atoms with Crippen LogP contribution in [-0.4, -0.2) is 119 Å². The molecule has 0 saturated heterocycles. The van der Waals surface area contributed by atoms with E-state index in [4.69, 9.17) is 4.74 Å². The van der Waals surface area contributed by atoms with E-state index in [2.05, 4.69) is 35.6 Å². The molecule has 1 aromatic heterocycles. The van der Waals surface area contributed by atoms with Crippen LogP contribution in [0, 0.1) is 17.0 Å². The van der Waals surface area contributed by atoms with Gasteiger partial charge in [-0.05, 0) is 60.6 Å². The molecule has 2 atom stereocenters. The van der Waals surface area contributed by atoms with Crippen molar-refractivity contribution in [1.29, 1.82) is 0 Å². The summed E-state index contributed by atoms with van der Waals surface area (Å²) >= 11 is 1.02. The number of hydrogen-bond acceptors (Lipinski definition) is 9. The highest BCUT2D eigenvalue weighted by Gasteiger charge is 2.37. The van der Waals surface area contributed by atoms with Crippen LogP contribution < -0.4 is 16.0 Å². The summed E-state index contributed by atoms with van der Waals surface area (Å²) in [6.45, 7) is 13.6. The van der Waals surface area contributed by atoms with Crippen molar-refractivity contribution in [2.45, 2.75) is 104 Å². The molecule has 4 N–H and O–H groups in total. The third-order valence-electron chi connectivity index (χ3n) is 11.0. The Morgan fingerprint density at radius 2 is 1.57 bits per heavy atom. The predicted octanol–water partition coefficient (Wildman–Crippen LogP) is 7.15.